The maximum Gasteiger partial charge on any atom is 0.329 e. The number of esters is 1. The van der Waals surface area contributed by atoms with Gasteiger partial charge in [-0.3, -0.25) is 4.79 Å². The van der Waals surface area contributed by atoms with Crippen LogP contribution in [0.4, 0.5) is 19.4 Å². The van der Waals surface area contributed by atoms with Crippen molar-refractivity contribution < 1.29 is 33.8 Å². The number of carbonyl (C=O) groups is 2. The number of nitriles is 1. The molecule has 12 heteroatoms. The van der Waals surface area contributed by atoms with Crippen LogP contribution in [0.3, 0.4) is 0 Å². The van der Waals surface area contributed by atoms with Gasteiger partial charge in [-0.2, -0.15) is 0 Å². The fourth-order valence-corrected chi connectivity index (χ4v) is 3.62. The highest BCUT2D eigenvalue weighted by Gasteiger charge is 2.65. The first-order valence-corrected chi connectivity index (χ1v) is 10.7. The minimum Gasteiger partial charge on any atom is -0.467 e. The van der Waals surface area contributed by atoms with Crippen molar-refractivity contribution in [2.45, 2.75) is 37.4 Å². The minimum absolute atomic E-state index is 0.0929. The first-order chi connectivity index (χ1) is 13.7. The Morgan fingerprint density at radius 2 is 1.70 bits per heavy atom. The van der Waals surface area contributed by atoms with E-state index in [2.05, 4.69) is 16.0 Å². The molecular weight excluding hydrogens is 430 g/mol. The first-order valence-electron chi connectivity index (χ1n) is 8.76. The predicted molar refractivity (Wildman–Crippen MR) is 105 cm³/mol. The average molecular weight is 450 g/mol. The van der Waals surface area contributed by atoms with Crippen molar-refractivity contribution in [3.63, 3.8) is 0 Å². The topological polar surface area (TPSA) is 79.2 Å². The lowest BCUT2D eigenvalue weighted by Gasteiger charge is -2.43. The fourth-order valence-electron chi connectivity index (χ4n) is 2.97. The molecule has 1 N–H and O–H groups in total. The van der Waals surface area contributed by atoms with Gasteiger partial charge in [-0.05, 0) is 36.9 Å². The third-order valence-electron chi connectivity index (χ3n) is 4.52. The van der Waals surface area contributed by atoms with E-state index in [0.29, 0.717) is 12.1 Å². The summed E-state index contributed by atoms with van der Waals surface area (Å²) in [7, 11) is -8.81. The standard InChI is InChI=1S/C16H14BF5N2O3S.C2H6/c1-3-16(8-17(9-16)10-23)13(15(26)27-2)24-14(25)11-4-6-12(7-5-11)28(18,19,20,21)22;1-2/h1,4-7,13H,8-9H2,2H3,(H,24,25);1-2H3. The van der Waals surface area contributed by atoms with E-state index in [1.165, 1.54) is 0 Å². The van der Waals surface area contributed by atoms with Crippen molar-refractivity contribution in [3.8, 4) is 18.3 Å². The Morgan fingerprint density at radius 1 is 1.20 bits per heavy atom. The molecule has 0 aliphatic carbocycles. The molecule has 1 fully saturated rings. The van der Waals surface area contributed by atoms with Gasteiger partial charge in [0.25, 0.3) is 12.6 Å². The average Bonchev–Trinajstić information content (AvgIpc) is 2.66. The smallest absolute Gasteiger partial charge is 0.329 e. The van der Waals surface area contributed by atoms with Gasteiger partial charge in [-0.15, -0.1) is 6.42 Å². The molecule has 1 aromatic carbocycles. The van der Waals surface area contributed by atoms with Crippen molar-refractivity contribution in [3.05, 3.63) is 29.8 Å². The Labute approximate surface area is 171 Å². The zero-order valence-electron chi connectivity index (χ0n) is 16.4. The number of hydrogen-bond acceptors (Lipinski definition) is 4. The molecule has 30 heavy (non-hydrogen) atoms. The van der Waals surface area contributed by atoms with Crippen molar-refractivity contribution in [1.29, 1.82) is 5.26 Å². The number of rotatable bonds is 5. The molecule has 1 unspecified atom stereocenters. The SMILES string of the molecule is C#CC1(C(NC(=O)c2ccc(S(F)(F)(F)(F)F)cc2)C(=O)OC)CB(C#N)C1.CC. The van der Waals surface area contributed by atoms with Gasteiger partial charge in [0.05, 0.1) is 12.5 Å². The van der Waals surface area contributed by atoms with Gasteiger partial charge in [0.15, 0.2) is 0 Å². The highest BCUT2D eigenvalue weighted by Crippen LogP contribution is 3.02. The molecule has 0 aromatic heterocycles. The Morgan fingerprint density at radius 3 is 2.07 bits per heavy atom. The molecule has 1 aliphatic heterocycles. The lowest BCUT2D eigenvalue weighted by Crippen LogP contribution is -2.59. The lowest BCUT2D eigenvalue weighted by atomic mass is 9.26. The van der Waals surface area contributed by atoms with Gasteiger partial charge >= 0.3 is 16.2 Å². The van der Waals surface area contributed by atoms with Gasteiger partial charge < -0.3 is 10.1 Å². The van der Waals surface area contributed by atoms with Gasteiger partial charge in [0.2, 0.25) is 0 Å². The molecule has 1 aliphatic rings. The van der Waals surface area contributed by atoms with Crippen LogP contribution >= 0.6 is 10.2 Å². The van der Waals surface area contributed by atoms with Crippen LogP contribution in [0.25, 0.3) is 0 Å². The highest BCUT2D eigenvalue weighted by molar-refractivity contribution is 8.45. The number of ether oxygens (including phenoxy) is 1. The molecule has 1 aromatic rings. The van der Waals surface area contributed by atoms with Crippen LogP contribution < -0.4 is 5.32 Å². The summed E-state index contributed by atoms with van der Waals surface area (Å²) >= 11 is 0. The summed E-state index contributed by atoms with van der Waals surface area (Å²) in [6, 6.07) is -0.0306. The normalized spacial score (nSPS) is 17.9. The molecule has 0 bridgehead atoms. The number of amides is 1. The van der Waals surface area contributed by atoms with E-state index in [9.17, 15) is 29.0 Å². The Balaban J connectivity index is 0.00000218. The van der Waals surface area contributed by atoms with E-state index in [1.807, 2.05) is 19.8 Å². The van der Waals surface area contributed by atoms with E-state index >= 15 is 0 Å². The molecule has 5 nitrogen and oxygen atoms in total. The number of methoxy groups -OCH3 is 1. The number of nitrogens with zero attached hydrogens (tertiary/aromatic N) is 1. The Kier molecular flexibility index (Phi) is 6.61. The third-order valence-corrected chi connectivity index (χ3v) is 5.68. The van der Waals surface area contributed by atoms with E-state index in [4.69, 9.17) is 11.7 Å². The van der Waals surface area contributed by atoms with Crippen LogP contribution in [0.5, 0.6) is 0 Å². The van der Waals surface area contributed by atoms with Crippen LogP contribution in [-0.4, -0.2) is 31.7 Å². The second-order valence-electron chi connectivity index (χ2n) is 6.46. The summed E-state index contributed by atoms with van der Waals surface area (Å²) in [4.78, 5) is 22.3. The van der Waals surface area contributed by atoms with E-state index < -0.39 is 45.2 Å². The predicted octanol–water partition coefficient (Wildman–Crippen LogP) is 4.83. The first kappa shape index (κ1) is 25.3. The van der Waals surface area contributed by atoms with Crippen LogP contribution in [0, 0.1) is 29.0 Å². The summed E-state index contributed by atoms with van der Waals surface area (Å²) in [5.41, 5.74) is -1.57. The van der Waals surface area contributed by atoms with E-state index in [-0.39, 0.29) is 30.3 Å². The summed E-state index contributed by atoms with van der Waals surface area (Å²) in [6.07, 6.45) is 5.70. The molecule has 2 rings (SSSR count). The Hall–Kier alpha value is -2.73. The monoisotopic (exact) mass is 450 g/mol. The van der Waals surface area contributed by atoms with Crippen molar-refractivity contribution in [1.82, 2.24) is 5.32 Å². The second-order valence-corrected chi connectivity index (χ2v) is 8.87. The number of hydrogen-bond donors (Lipinski definition) is 1. The molecule has 0 saturated carbocycles. The van der Waals surface area contributed by atoms with Crippen LogP contribution in [-0.2, 0) is 9.53 Å². The molecule has 1 amide bonds. The number of terminal acetylenes is 1. The molecule has 0 radical (unpaired) electrons. The summed E-state index contributed by atoms with van der Waals surface area (Å²) in [5, 5.41) is 11.2. The zero-order valence-corrected chi connectivity index (χ0v) is 17.2. The summed E-state index contributed by atoms with van der Waals surface area (Å²) in [6.45, 7) is 3.58. The number of benzene rings is 1. The maximum absolute atomic E-state index is 12.8. The second kappa shape index (κ2) is 7.84. The van der Waals surface area contributed by atoms with Gasteiger partial charge in [0.1, 0.15) is 10.9 Å². The van der Waals surface area contributed by atoms with Crippen LogP contribution in [0.1, 0.15) is 24.2 Å². The molecule has 1 saturated heterocycles. The zero-order chi connectivity index (χ0) is 23.4. The third kappa shape index (κ3) is 5.45. The highest BCUT2D eigenvalue weighted by atomic mass is 32.5. The van der Waals surface area contributed by atoms with Crippen LogP contribution in [0.2, 0.25) is 12.6 Å². The quantitative estimate of drug-likeness (QED) is 0.302. The van der Waals surface area contributed by atoms with Gasteiger partial charge in [-0.25, -0.2) is 10.1 Å². The molecular formula is C18H20BF5N2O3S. The summed E-state index contributed by atoms with van der Waals surface area (Å²) < 4.78 is 68.4. The maximum atomic E-state index is 12.8. The van der Waals surface area contributed by atoms with Crippen molar-refractivity contribution >= 4 is 28.8 Å². The number of halogens is 5. The van der Waals surface area contributed by atoms with E-state index in [1.54, 1.807) is 0 Å². The lowest BCUT2D eigenvalue weighted by molar-refractivity contribution is -0.145. The van der Waals surface area contributed by atoms with Gasteiger partial charge in [0, 0.05) is 11.5 Å². The molecule has 0 spiro atoms. The van der Waals surface area contributed by atoms with Crippen molar-refractivity contribution in [2.75, 3.05) is 7.11 Å². The Bertz CT molecular complexity index is 902. The molecule has 1 atom stereocenters. The fraction of sp³-hybridized carbons (Fsp3) is 0.389. The summed E-state index contributed by atoms with van der Waals surface area (Å²) in [5.74, 6) is 2.46. The van der Waals surface area contributed by atoms with Crippen molar-refractivity contribution in [2.24, 2.45) is 5.41 Å². The molecule has 1 heterocycles. The minimum atomic E-state index is -9.86. The van der Waals surface area contributed by atoms with Crippen LogP contribution in [0.15, 0.2) is 29.2 Å². The van der Waals surface area contributed by atoms with E-state index in [0.717, 1.165) is 7.11 Å². The largest absolute Gasteiger partial charge is 0.467 e. The van der Waals surface area contributed by atoms with Gasteiger partial charge in [-0.1, -0.05) is 39.2 Å². The number of nitrogens with one attached hydrogen (secondary N) is 1. The number of carbonyl (C=O) groups excluding carboxylic acids is 2. The molecule has 164 valence electrons.